The maximum Gasteiger partial charge on any atom is 0.0946 e. The average Bonchev–Trinajstić information content (AvgIpc) is 2.82. The van der Waals surface area contributed by atoms with Crippen LogP contribution in [0.2, 0.25) is 0 Å². The first-order valence-electron chi connectivity index (χ1n) is 5.74. The monoisotopic (exact) mass is 231 g/mol. The summed E-state index contributed by atoms with van der Waals surface area (Å²) in [7, 11) is 0. The molecule has 0 saturated carbocycles. The van der Waals surface area contributed by atoms with Crippen LogP contribution in [0.3, 0.4) is 0 Å². The fourth-order valence-corrected chi connectivity index (χ4v) is 1.77. The van der Waals surface area contributed by atoms with E-state index >= 15 is 0 Å². The van der Waals surface area contributed by atoms with Gasteiger partial charge in [-0.3, -0.25) is 9.97 Å². The van der Waals surface area contributed by atoms with Crippen molar-refractivity contribution in [2.45, 2.75) is 26.4 Å². The minimum atomic E-state index is 0.215. The summed E-state index contributed by atoms with van der Waals surface area (Å²) in [5.41, 5.74) is 1.99. The maximum absolute atomic E-state index is 4.35. The van der Waals surface area contributed by atoms with E-state index in [-0.39, 0.29) is 6.04 Å². The van der Waals surface area contributed by atoms with E-state index in [9.17, 15) is 0 Å². The van der Waals surface area contributed by atoms with Crippen molar-refractivity contribution in [1.29, 1.82) is 0 Å². The van der Waals surface area contributed by atoms with E-state index in [1.807, 2.05) is 24.0 Å². The van der Waals surface area contributed by atoms with E-state index in [1.54, 1.807) is 18.6 Å². The van der Waals surface area contributed by atoms with Gasteiger partial charge in [0.15, 0.2) is 0 Å². The van der Waals surface area contributed by atoms with Crippen LogP contribution in [0.1, 0.15) is 24.4 Å². The van der Waals surface area contributed by atoms with Crippen molar-refractivity contribution in [2.75, 3.05) is 6.54 Å². The van der Waals surface area contributed by atoms with Gasteiger partial charge in [-0.1, -0.05) is 0 Å². The number of hydrogen-bond acceptors (Lipinski definition) is 4. The minimum Gasteiger partial charge on any atom is -0.336 e. The lowest BCUT2D eigenvalue weighted by atomic mass is 10.2. The maximum atomic E-state index is 4.35. The van der Waals surface area contributed by atoms with Crippen LogP contribution >= 0.6 is 0 Å². The molecule has 0 spiro atoms. The van der Waals surface area contributed by atoms with Crippen molar-refractivity contribution in [3.63, 3.8) is 0 Å². The van der Waals surface area contributed by atoms with Gasteiger partial charge >= 0.3 is 0 Å². The Morgan fingerprint density at radius 2 is 2.12 bits per heavy atom. The Bertz CT molecular complexity index is 452. The summed E-state index contributed by atoms with van der Waals surface area (Å²) in [4.78, 5) is 12.6. The van der Waals surface area contributed by atoms with Crippen molar-refractivity contribution in [3.8, 4) is 0 Å². The molecule has 0 aliphatic carbocycles. The fourth-order valence-electron chi connectivity index (χ4n) is 1.77. The van der Waals surface area contributed by atoms with E-state index in [1.165, 1.54) is 0 Å². The number of imidazole rings is 1. The molecule has 0 amide bonds. The zero-order valence-electron chi connectivity index (χ0n) is 10.2. The van der Waals surface area contributed by atoms with Crippen LogP contribution in [0.5, 0.6) is 0 Å². The van der Waals surface area contributed by atoms with E-state index in [0.29, 0.717) is 0 Å². The topological polar surface area (TPSA) is 55.6 Å². The third kappa shape index (κ3) is 3.10. The first-order valence-corrected chi connectivity index (χ1v) is 5.74. The van der Waals surface area contributed by atoms with Gasteiger partial charge in [-0.15, -0.1) is 0 Å². The molecule has 17 heavy (non-hydrogen) atoms. The molecule has 0 aromatic carbocycles. The predicted octanol–water partition coefficient (Wildman–Crippen LogP) is 1.33. The Hall–Kier alpha value is -1.75. The SMILES string of the molecule is Cc1nccnc1C(C)NCCn1ccnc1. The molecule has 0 radical (unpaired) electrons. The summed E-state index contributed by atoms with van der Waals surface area (Å²) in [6, 6.07) is 0.215. The summed E-state index contributed by atoms with van der Waals surface area (Å²) >= 11 is 0. The molecule has 0 aliphatic heterocycles. The van der Waals surface area contributed by atoms with Crippen LogP contribution in [0.25, 0.3) is 0 Å². The Labute approximate surface area is 101 Å². The highest BCUT2D eigenvalue weighted by Crippen LogP contribution is 2.10. The summed E-state index contributed by atoms with van der Waals surface area (Å²) in [6.07, 6.45) is 9.02. The van der Waals surface area contributed by atoms with Crippen LogP contribution in [0.15, 0.2) is 31.1 Å². The standard InChI is InChI=1S/C12H17N5/c1-10-12(16-4-3-14-10)11(2)15-6-8-17-7-5-13-9-17/h3-5,7,9,11,15H,6,8H2,1-2H3. The van der Waals surface area contributed by atoms with Crippen LogP contribution in [-0.2, 0) is 6.54 Å². The molecule has 5 nitrogen and oxygen atoms in total. The minimum absolute atomic E-state index is 0.215. The molecule has 1 atom stereocenters. The Morgan fingerprint density at radius 3 is 2.82 bits per heavy atom. The molecule has 0 aliphatic rings. The summed E-state index contributed by atoms with van der Waals surface area (Å²) < 4.78 is 2.04. The number of aromatic nitrogens is 4. The third-order valence-corrected chi connectivity index (χ3v) is 2.71. The molecule has 0 bridgehead atoms. The molecule has 5 heteroatoms. The van der Waals surface area contributed by atoms with Gasteiger partial charge in [-0.25, -0.2) is 4.98 Å². The van der Waals surface area contributed by atoms with E-state index in [4.69, 9.17) is 0 Å². The van der Waals surface area contributed by atoms with Crippen LogP contribution in [0, 0.1) is 6.92 Å². The lowest BCUT2D eigenvalue weighted by molar-refractivity contribution is 0.519. The molecular weight excluding hydrogens is 214 g/mol. The van der Waals surface area contributed by atoms with E-state index < -0.39 is 0 Å². The summed E-state index contributed by atoms with van der Waals surface area (Å²) in [6.45, 7) is 5.87. The number of nitrogens with one attached hydrogen (secondary N) is 1. The number of rotatable bonds is 5. The second kappa shape index (κ2) is 5.54. The van der Waals surface area contributed by atoms with Crippen LogP contribution in [0.4, 0.5) is 0 Å². The van der Waals surface area contributed by atoms with Gasteiger partial charge in [0, 0.05) is 43.9 Å². The zero-order chi connectivity index (χ0) is 12.1. The number of hydrogen-bond donors (Lipinski definition) is 1. The zero-order valence-corrected chi connectivity index (χ0v) is 10.2. The highest BCUT2D eigenvalue weighted by atomic mass is 15.1. The lowest BCUT2D eigenvalue weighted by Crippen LogP contribution is -2.24. The summed E-state index contributed by atoms with van der Waals surface area (Å²) in [5, 5.41) is 3.43. The molecule has 0 fully saturated rings. The largest absolute Gasteiger partial charge is 0.336 e. The first kappa shape index (κ1) is 11.7. The van der Waals surface area contributed by atoms with Gasteiger partial charge in [0.2, 0.25) is 0 Å². The van der Waals surface area contributed by atoms with Gasteiger partial charge in [0.25, 0.3) is 0 Å². The van der Waals surface area contributed by atoms with Crippen molar-refractivity contribution in [3.05, 3.63) is 42.5 Å². The molecule has 2 aromatic heterocycles. The van der Waals surface area contributed by atoms with Crippen molar-refractivity contribution in [2.24, 2.45) is 0 Å². The fraction of sp³-hybridized carbons (Fsp3) is 0.417. The van der Waals surface area contributed by atoms with Gasteiger partial charge in [0.05, 0.1) is 17.7 Å². The number of aryl methyl sites for hydroxylation is 1. The van der Waals surface area contributed by atoms with Gasteiger partial charge < -0.3 is 9.88 Å². The molecule has 1 N–H and O–H groups in total. The molecule has 0 saturated heterocycles. The van der Waals surface area contributed by atoms with Crippen LogP contribution < -0.4 is 5.32 Å². The molecule has 2 aromatic rings. The first-order chi connectivity index (χ1) is 8.27. The Balaban J connectivity index is 1.85. The number of nitrogens with zero attached hydrogens (tertiary/aromatic N) is 4. The predicted molar refractivity (Wildman–Crippen MR) is 65.4 cm³/mol. The molecular formula is C12H17N5. The van der Waals surface area contributed by atoms with Gasteiger partial charge in [-0.2, -0.15) is 0 Å². The van der Waals surface area contributed by atoms with Crippen molar-refractivity contribution in [1.82, 2.24) is 24.8 Å². The second-order valence-electron chi connectivity index (χ2n) is 4.00. The molecule has 2 heterocycles. The molecule has 2 rings (SSSR count). The van der Waals surface area contributed by atoms with Gasteiger partial charge in [-0.05, 0) is 13.8 Å². The normalized spacial score (nSPS) is 12.6. The average molecular weight is 231 g/mol. The highest BCUT2D eigenvalue weighted by Gasteiger charge is 2.09. The van der Waals surface area contributed by atoms with Crippen LogP contribution in [-0.4, -0.2) is 26.1 Å². The Morgan fingerprint density at radius 1 is 1.29 bits per heavy atom. The quantitative estimate of drug-likeness (QED) is 0.843. The highest BCUT2D eigenvalue weighted by molar-refractivity contribution is 5.12. The summed E-state index contributed by atoms with van der Waals surface area (Å²) in [5.74, 6) is 0. The second-order valence-corrected chi connectivity index (χ2v) is 4.00. The van der Waals surface area contributed by atoms with Gasteiger partial charge in [0.1, 0.15) is 0 Å². The van der Waals surface area contributed by atoms with E-state index in [2.05, 4.69) is 27.2 Å². The smallest absolute Gasteiger partial charge is 0.0946 e. The third-order valence-electron chi connectivity index (χ3n) is 2.71. The van der Waals surface area contributed by atoms with Crippen molar-refractivity contribution >= 4 is 0 Å². The Kier molecular flexibility index (Phi) is 3.82. The van der Waals surface area contributed by atoms with E-state index in [0.717, 1.165) is 24.5 Å². The molecule has 90 valence electrons. The lowest BCUT2D eigenvalue weighted by Gasteiger charge is -2.14. The molecule has 1 unspecified atom stereocenters. The van der Waals surface area contributed by atoms with Crippen molar-refractivity contribution < 1.29 is 0 Å².